The van der Waals surface area contributed by atoms with Gasteiger partial charge < -0.3 is 14.7 Å². The van der Waals surface area contributed by atoms with Crippen molar-refractivity contribution in [3.8, 4) is 11.8 Å². The number of carbonyl (C=O) groups excluding carboxylic acids is 1. The molecule has 1 N–H and O–H groups in total. The summed E-state index contributed by atoms with van der Waals surface area (Å²) in [6, 6.07) is 8.71. The average Bonchev–Trinajstić information content (AvgIpc) is 2.89. The number of carboxylic acids is 1. The first-order valence-corrected chi connectivity index (χ1v) is 7.11. The van der Waals surface area contributed by atoms with Gasteiger partial charge in [0.25, 0.3) is 5.91 Å². The van der Waals surface area contributed by atoms with E-state index in [0.29, 0.717) is 17.9 Å². The van der Waals surface area contributed by atoms with Crippen LogP contribution in [0.15, 0.2) is 24.3 Å². The van der Waals surface area contributed by atoms with E-state index in [4.69, 9.17) is 15.1 Å². The molecule has 0 radical (unpaired) electrons. The largest absolute Gasteiger partial charge is 0.481 e. The number of hydrogen-bond acceptors (Lipinski definition) is 4. The Hall–Kier alpha value is -2.55. The Kier molecular flexibility index (Phi) is 4.66. The van der Waals surface area contributed by atoms with E-state index in [-0.39, 0.29) is 18.4 Å². The van der Waals surface area contributed by atoms with Crippen LogP contribution in [0.4, 0.5) is 0 Å². The predicted octanol–water partition coefficient (Wildman–Crippen LogP) is 1.50. The van der Waals surface area contributed by atoms with Gasteiger partial charge in [0.1, 0.15) is 11.8 Å². The van der Waals surface area contributed by atoms with Gasteiger partial charge in [-0.3, -0.25) is 9.59 Å². The van der Waals surface area contributed by atoms with Crippen LogP contribution in [0.5, 0.6) is 5.75 Å². The molecule has 1 heterocycles. The summed E-state index contributed by atoms with van der Waals surface area (Å²) < 4.78 is 5.58. The number of benzene rings is 1. The number of carboxylic acid groups (broad SMARTS) is 1. The number of rotatable bonds is 4. The number of amides is 1. The molecule has 1 aliphatic rings. The van der Waals surface area contributed by atoms with Crippen molar-refractivity contribution in [1.82, 2.24) is 4.90 Å². The van der Waals surface area contributed by atoms with Crippen LogP contribution in [0.25, 0.3) is 0 Å². The zero-order valence-electron chi connectivity index (χ0n) is 12.5. The summed E-state index contributed by atoms with van der Waals surface area (Å²) in [6.45, 7) is 4.03. The zero-order chi connectivity index (χ0) is 16.3. The molecule has 116 valence electrons. The molecule has 0 saturated carbocycles. The summed E-state index contributed by atoms with van der Waals surface area (Å²) in [6.07, 6.45) is -0.769. The third-order valence-corrected chi connectivity index (χ3v) is 3.90. The lowest BCUT2D eigenvalue weighted by atomic mass is 9.99. The van der Waals surface area contributed by atoms with Gasteiger partial charge in [0.2, 0.25) is 0 Å². The Labute approximate surface area is 128 Å². The van der Waals surface area contributed by atoms with E-state index in [2.05, 4.69) is 0 Å². The number of nitrogens with zero attached hydrogens (tertiary/aromatic N) is 2. The van der Waals surface area contributed by atoms with Gasteiger partial charge in [-0.25, -0.2) is 0 Å². The topological polar surface area (TPSA) is 90.6 Å². The van der Waals surface area contributed by atoms with Crippen LogP contribution in [-0.4, -0.2) is 41.1 Å². The van der Waals surface area contributed by atoms with Crippen molar-refractivity contribution in [3.05, 3.63) is 29.8 Å². The third kappa shape index (κ3) is 3.19. The Balaban J connectivity index is 2.04. The SMILES string of the molecule is CC(Oc1ccccc1C#N)C(=O)N1C[C@@H](C)[C@H](C(=O)O)C1. The maximum absolute atomic E-state index is 12.4. The lowest BCUT2D eigenvalue weighted by Crippen LogP contribution is -2.39. The van der Waals surface area contributed by atoms with E-state index in [1.54, 1.807) is 31.2 Å². The number of aliphatic carboxylic acids is 1. The molecule has 0 spiro atoms. The van der Waals surface area contributed by atoms with Crippen molar-refractivity contribution in [3.63, 3.8) is 0 Å². The van der Waals surface area contributed by atoms with Crippen molar-refractivity contribution in [2.45, 2.75) is 20.0 Å². The molecule has 1 saturated heterocycles. The van der Waals surface area contributed by atoms with Gasteiger partial charge in [-0.05, 0) is 25.0 Å². The molecule has 1 amide bonds. The van der Waals surface area contributed by atoms with Gasteiger partial charge >= 0.3 is 5.97 Å². The predicted molar refractivity (Wildman–Crippen MR) is 78.1 cm³/mol. The quantitative estimate of drug-likeness (QED) is 0.910. The molecular formula is C16H18N2O4. The fourth-order valence-electron chi connectivity index (χ4n) is 2.63. The molecule has 1 fully saturated rings. The van der Waals surface area contributed by atoms with Gasteiger partial charge in [-0.2, -0.15) is 5.26 Å². The minimum absolute atomic E-state index is 0.0833. The van der Waals surface area contributed by atoms with Gasteiger partial charge in [0.15, 0.2) is 6.10 Å². The molecule has 1 aliphatic heterocycles. The summed E-state index contributed by atoms with van der Waals surface area (Å²) >= 11 is 0. The zero-order valence-corrected chi connectivity index (χ0v) is 12.5. The smallest absolute Gasteiger partial charge is 0.308 e. The highest BCUT2D eigenvalue weighted by Gasteiger charge is 2.38. The van der Waals surface area contributed by atoms with Gasteiger partial charge in [-0.1, -0.05) is 19.1 Å². The van der Waals surface area contributed by atoms with E-state index < -0.39 is 18.0 Å². The maximum Gasteiger partial charge on any atom is 0.308 e. The Morgan fingerprint density at radius 1 is 1.41 bits per heavy atom. The molecule has 6 heteroatoms. The molecule has 0 bridgehead atoms. The number of likely N-dealkylation sites (tertiary alicyclic amines) is 1. The minimum atomic E-state index is -0.883. The van der Waals surface area contributed by atoms with Crippen LogP contribution in [-0.2, 0) is 9.59 Å². The number of nitriles is 1. The highest BCUT2D eigenvalue weighted by molar-refractivity contribution is 5.82. The van der Waals surface area contributed by atoms with Gasteiger partial charge in [-0.15, -0.1) is 0 Å². The normalized spacial score (nSPS) is 22.0. The van der Waals surface area contributed by atoms with Crippen LogP contribution in [0.1, 0.15) is 19.4 Å². The summed E-state index contributed by atoms with van der Waals surface area (Å²) in [5.41, 5.74) is 0.361. The molecule has 1 aromatic carbocycles. The Bertz CT molecular complexity index is 623. The molecule has 6 nitrogen and oxygen atoms in total. The van der Waals surface area contributed by atoms with Crippen LogP contribution in [0.3, 0.4) is 0 Å². The van der Waals surface area contributed by atoms with Crippen LogP contribution >= 0.6 is 0 Å². The molecule has 3 atom stereocenters. The summed E-state index contributed by atoms with van der Waals surface area (Å²) in [7, 11) is 0. The van der Waals surface area contributed by atoms with E-state index in [0.717, 1.165) is 0 Å². The second-order valence-corrected chi connectivity index (χ2v) is 5.53. The maximum atomic E-state index is 12.4. The van der Waals surface area contributed by atoms with Crippen LogP contribution in [0.2, 0.25) is 0 Å². The van der Waals surface area contributed by atoms with E-state index in [1.807, 2.05) is 13.0 Å². The fraction of sp³-hybridized carbons (Fsp3) is 0.438. The summed E-state index contributed by atoms with van der Waals surface area (Å²) in [5.74, 6) is -1.41. The fourth-order valence-corrected chi connectivity index (χ4v) is 2.63. The van der Waals surface area contributed by atoms with E-state index in [1.165, 1.54) is 4.90 Å². The second kappa shape index (κ2) is 6.48. The molecular weight excluding hydrogens is 284 g/mol. The lowest BCUT2D eigenvalue weighted by molar-refractivity contribution is -0.142. The van der Waals surface area contributed by atoms with Crippen molar-refractivity contribution in [2.24, 2.45) is 11.8 Å². The Morgan fingerprint density at radius 2 is 2.09 bits per heavy atom. The first-order chi connectivity index (χ1) is 10.4. The molecule has 0 aliphatic carbocycles. The van der Waals surface area contributed by atoms with Crippen molar-refractivity contribution >= 4 is 11.9 Å². The standard InChI is InChI=1S/C16H18N2O4/c1-10-8-18(9-13(10)16(20)21)15(19)11(2)22-14-6-4-3-5-12(14)7-17/h3-6,10-11,13H,8-9H2,1-2H3,(H,20,21)/t10-,11?,13-/m1/s1. The van der Waals surface area contributed by atoms with Crippen LogP contribution < -0.4 is 4.74 Å². The van der Waals surface area contributed by atoms with E-state index in [9.17, 15) is 9.59 Å². The first kappa shape index (κ1) is 15.8. The minimum Gasteiger partial charge on any atom is -0.481 e. The third-order valence-electron chi connectivity index (χ3n) is 3.90. The average molecular weight is 302 g/mol. The number of carbonyl (C=O) groups is 2. The second-order valence-electron chi connectivity index (χ2n) is 5.53. The summed E-state index contributed by atoms with van der Waals surface area (Å²) in [5, 5.41) is 18.1. The van der Waals surface area contributed by atoms with Crippen molar-refractivity contribution in [1.29, 1.82) is 5.26 Å². The molecule has 0 aromatic heterocycles. The van der Waals surface area contributed by atoms with Crippen LogP contribution in [0, 0.1) is 23.2 Å². The molecule has 22 heavy (non-hydrogen) atoms. The van der Waals surface area contributed by atoms with Crippen molar-refractivity contribution in [2.75, 3.05) is 13.1 Å². The first-order valence-electron chi connectivity index (χ1n) is 7.11. The summed E-state index contributed by atoms with van der Waals surface area (Å²) in [4.78, 5) is 25.0. The molecule has 1 unspecified atom stereocenters. The van der Waals surface area contributed by atoms with Crippen molar-refractivity contribution < 1.29 is 19.4 Å². The highest BCUT2D eigenvalue weighted by atomic mass is 16.5. The molecule has 1 aromatic rings. The monoisotopic (exact) mass is 302 g/mol. The number of hydrogen-bond donors (Lipinski definition) is 1. The highest BCUT2D eigenvalue weighted by Crippen LogP contribution is 2.25. The van der Waals surface area contributed by atoms with Gasteiger partial charge in [0, 0.05) is 13.1 Å². The molecule has 2 rings (SSSR count). The van der Waals surface area contributed by atoms with E-state index >= 15 is 0 Å². The number of ether oxygens (including phenoxy) is 1. The lowest BCUT2D eigenvalue weighted by Gasteiger charge is -2.22. The Morgan fingerprint density at radius 3 is 2.68 bits per heavy atom. The van der Waals surface area contributed by atoms with Gasteiger partial charge in [0.05, 0.1) is 11.5 Å². The number of para-hydroxylation sites is 1.